The van der Waals surface area contributed by atoms with Gasteiger partial charge < -0.3 is 4.42 Å². The Morgan fingerprint density at radius 2 is 2.04 bits per heavy atom. The molecule has 1 N–H and O–H groups in total. The molecule has 140 valence electrons. The molecule has 1 aromatic carbocycles. The summed E-state index contributed by atoms with van der Waals surface area (Å²) in [6.45, 7) is 2.64. The zero-order valence-corrected chi connectivity index (χ0v) is 15.6. The van der Waals surface area contributed by atoms with E-state index >= 15 is 0 Å². The van der Waals surface area contributed by atoms with E-state index in [1.165, 1.54) is 9.87 Å². The van der Waals surface area contributed by atoms with Gasteiger partial charge in [0, 0.05) is 13.1 Å². The minimum Gasteiger partial charge on any atom is -0.407 e. The molecule has 3 rings (SSSR count). The van der Waals surface area contributed by atoms with Crippen LogP contribution >= 0.6 is 0 Å². The number of aromatic nitrogens is 2. The van der Waals surface area contributed by atoms with Crippen molar-refractivity contribution in [1.82, 2.24) is 14.5 Å². The van der Waals surface area contributed by atoms with E-state index in [-0.39, 0.29) is 18.5 Å². The number of amides is 1. The van der Waals surface area contributed by atoms with Gasteiger partial charge in [-0.15, -0.1) is 5.10 Å². The molecule has 0 unspecified atom stereocenters. The van der Waals surface area contributed by atoms with Gasteiger partial charge in [-0.05, 0) is 25.3 Å². The Balaban J connectivity index is 1.59. The highest BCUT2D eigenvalue weighted by Crippen LogP contribution is 2.20. The van der Waals surface area contributed by atoms with Crippen molar-refractivity contribution in [2.24, 2.45) is 5.92 Å². The van der Waals surface area contributed by atoms with Gasteiger partial charge in [-0.2, -0.15) is 0 Å². The Morgan fingerprint density at radius 3 is 2.73 bits per heavy atom. The molecule has 0 saturated carbocycles. The summed E-state index contributed by atoms with van der Waals surface area (Å²) < 4.78 is 30.1. The maximum Gasteiger partial charge on any atom is 0.322 e. The topological polar surface area (TPSA) is 105 Å². The Bertz CT molecular complexity index is 876. The zero-order chi connectivity index (χ0) is 18.7. The number of nitrogens with zero attached hydrogens (tertiary/aromatic N) is 3. The van der Waals surface area contributed by atoms with Crippen molar-refractivity contribution in [2.45, 2.75) is 26.2 Å². The fourth-order valence-corrected chi connectivity index (χ4v) is 3.83. The molecule has 1 atom stereocenters. The maximum absolute atomic E-state index is 12.4. The molecule has 0 aliphatic carbocycles. The number of sulfonamides is 1. The lowest BCUT2D eigenvalue weighted by atomic mass is 9.99. The molecule has 26 heavy (non-hydrogen) atoms. The Labute approximate surface area is 152 Å². The van der Waals surface area contributed by atoms with Crippen molar-refractivity contribution >= 4 is 21.9 Å². The van der Waals surface area contributed by atoms with Gasteiger partial charge in [0.1, 0.15) is 0 Å². The van der Waals surface area contributed by atoms with Crippen molar-refractivity contribution in [2.75, 3.05) is 24.7 Å². The standard InChI is InChI=1S/C17H22N4O4S/c1-12-5-7-13(8-6-12)10-15-19-20-17(25-15)18-16(22)14-4-3-9-21(11-14)26(2,23)24/h5-8,14H,3-4,9-11H2,1-2H3,(H,18,20,22)/t14-/m1/s1. The van der Waals surface area contributed by atoms with Gasteiger partial charge in [0.25, 0.3) is 0 Å². The lowest BCUT2D eigenvalue weighted by molar-refractivity contribution is -0.121. The number of hydrogen-bond donors (Lipinski definition) is 1. The van der Waals surface area contributed by atoms with Crippen LogP contribution in [0.25, 0.3) is 0 Å². The van der Waals surface area contributed by atoms with Crippen molar-refractivity contribution in [3.05, 3.63) is 41.3 Å². The van der Waals surface area contributed by atoms with E-state index in [0.717, 1.165) is 11.8 Å². The van der Waals surface area contributed by atoms with E-state index < -0.39 is 15.9 Å². The minimum atomic E-state index is -3.30. The van der Waals surface area contributed by atoms with Gasteiger partial charge >= 0.3 is 6.01 Å². The van der Waals surface area contributed by atoms with Crippen LogP contribution in [0.2, 0.25) is 0 Å². The first-order chi connectivity index (χ1) is 12.3. The van der Waals surface area contributed by atoms with Crippen molar-refractivity contribution < 1.29 is 17.6 Å². The molecule has 0 radical (unpaired) electrons. The molecular formula is C17H22N4O4S. The lowest BCUT2D eigenvalue weighted by Crippen LogP contribution is -2.43. The molecule has 1 aliphatic rings. The minimum absolute atomic E-state index is 0.0357. The molecular weight excluding hydrogens is 356 g/mol. The second-order valence-corrected chi connectivity index (χ2v) is 8.60. The van der Waals surface area contributed by atoms with E-state index in [2.05, 4.69) is 15.5 Å². The first-order valence-electron chi connectivity index (χ1n) is 8.45. The van der Waals surface area contributed by atoms with Crippen molar-refractivity contribution in [1.29, 1.82) is 0 Å². The number of piperidine rings is 1. The Morgan fingerprint density at radius 1 is 1.31 bits per heavy atom. The summed E-state index contributed by atoms with van der Waals surface area (Å²) in [5.74, 6) is -0.319. The number of nitrogens with one attached hydrogen (secondary N) is 1. The number of benzene rings is 1. The third-order valence-electron chi connectivity index (χ3n) is 4.40. The van der Waals surface area contributed by atoms with Gasteiger partial charge in [-0.3, -0.25) is 10.1 Å². The van der Waals surface area contributed by atoms with Gasteiger partial charge in [0.05, 0.1) is 18.6 Å². The number of rotatable bonds is 5. The summed E-state index contributed by atoms with van der Waals surface area (Å²) in [6, 6.07) is 8.02. The second-order valence-electron chi connectivity index (χ2n) is 6.61. The summed E-state index contributed by atoms with van der Waals surface area (Å²) in [7, 11) is -3.30. The molecule has 1 aliphatic heterocycles. The summed E-state index contributed by atoms with van der Waals surface area (Å²) in [6.07, 6.45) is 2.91. The average Bonchev–Trinajstić information content (AvgIpc) is 3.03. The lowest BCUT2D eigenvalue weighted by Gasteiger charge is -2.29. The second kappa shape index (κ2) is 7.55. The molecule has 1 fully saturated rings. The molecule has 9 heteroatoms. The maximum atomic E-state index is 12.4. The molecule has 0 bridgehead atoms. The first-order valence-corrected chi connectivity index (χ1v) is 10.3. The number of carbonyl (C=O) groups excluding carboxylic acids is 1. The Hall–Kier alpha value is -2.26. The van der Waals surface area contributed by atoms with Crippen LogP contribution in [-0.2, 0) is 21.2 Å². The van der Waals surface area contributed by atoms with E-state index in [1.807, 2.05) is 31.2 Å². The zero-order valence-electron chi connectivity index (χ0n) is 14.8. The van der Waals surface area contributed by atoms with Crippen LogP contribution in [0.3, 0.4) is 0 Å². The predicted octanol–water partition coefficient (Wildman–Crippen LogP) is 1.58. The third-order valence-corrected chi connectivity index (χ3v) is 5.67. The summed E-state index contributed by atoms with van der Waals surface area (Å²) in [4.78, 5) is 12.4. The fraction of sp³-hybridized carbons (Fsp3) is 0.471. The molecule has 1 aromatic heterocycles. The largest absolute Gasteiger partial charge is 0.407 e. The first kappa shape index (κ1) is 18.5. The highest BCUT2D eigenvalue weighted by atomic mass is 32.2. The summed E-state index contributed by atoms with van der Waals surface area (Å²) in [5, 5.41) is 10.4. The van der Waals surface area contributed by atoms with Crippen molar-refractivity contribution in [3.8, 4) is 0 Å². The average molecular weight is 378 g/mol. The number of aryl methyl sites for hydroxylation is 1. The van der Waals surface area contributed by atoms with E-state index in [0.29, 0.717) is 31.7 Å². The highest BCUT2D eigenvalue weighted by molar-refractivity contribution is 7.88. The van der Waals surface area contributed by atoms with Gasteiger partial charge in [-0.1, -0.05) is 34.9 Å². The molecule has 2 heterocycles. The van der Waals surface area contributed by atoms with Crippen LogP contribution in [-0.4, -0.2) is 48.2 Å². The fourth-order valence-electron chi connectivity index (χ4n) is 2.92. The SMILES string of the molecule is Cc1ccc(Cc2nnc(NC(=O)[C@@H]3CCCN(S(C)(=O)=O)C3)o2)cc1. The molecule has 0 spiro atoms. The van der Waals surface area contributed by atoms with E-state index in [1.54, 1.807) is 0 Å². The number of anilines is 1. The Kier molecular flexibility index (Phi) is 5.38. The van der Waals surface area contributed by atoms with Crippen LogP contribution < -0.4 is 5.32 Å². The van der Waals surface area contributed by atoms with Gasteiger partial charge in [0.15, 0.2) is 0 Å². The van der Waals surface area contributed by atoms with Gasteiger partial charge in [0.2, 0.25) is 21.8 Å². The summed E-state index contributed by atoms with van der Waals surface area (Å²) in [5.41, 5.74) is 2.20. The smallest absolute Gasteiger partial charge is 0.322 e. The van der Waals surface area contributed by atoms with E-state index in [4.69, 9.17) is 4.42 Å². The van der Waals surface area contributed by atoms with Crippen LogP contribution in [0.5, 0.6) is 0 Å². The van der Waals surface area contributed by atoms with Crippen LogP contribution in [0.1, 0.15) is 29.9 Å². The predicted molar refractivity (Wildman–Crippen MR) is 96.1 cm³/mol. The number of hydrogen-bond acceptors (Lipinski definition) is 6. The van der Waals surface area contributed by atoms with Crippen LogP contribution in [0.4, 0.5) is 6.01 Å². The highest BCUT2D eigenvalue weighted by Gasteiger charge is 2.30. The monoisotopic (exact) mass is 378 g/mol. The van der Waals surface area contributed by atoms with Crippen LogP contribution in [0, 0.1) is 12.8 Å². The normalized spacial score (nSPS) is 18.6. The van der Waals surface area contributed by atoms with Gasteiger partial charge in [-0.25, -0.2) is 12.7 Å². The molecule has 1 amide bonds. The van der Waals surface area contributed by atoms with E-state index in [9.17, 15) is 13.2 Å². The molecule has 8 nitrogen and oxygen atoms in total. The summed E-state index contributed by atoms with van der Waals surface area (Å²) >= 11 is 0. The third kappa shape index (κ3) is 4.67. The number of carbonyl (C=O) groups is 1. The quantitative estimate of drug-likeness (QED) is 0.847. The molecule has 1 saturated heterocycles. The molecule has 2 aromatic rings. The van der Waals surface area contributed by atoms with Crippen molar-refractivity contribution in [3.63, 3.8) is 0 Å². The van der Waals surface area contributed by atoms with Crippen LogP contribution in [0.15, 0.2) is 28.7 Å².